The van der Waals surface area contributed by atoms with Crippen LogP contribution in [0.3, 0.4) is 0 Å². The fourth-order valence-electron chi connectivity index (χ4n) is 2.77. The van der Waals surface area contributed by atoms with E-state index in [2.05, 4.69) is 31.1 Å². The van der Waals surface area contributed by atoms with E-state index in [1.807, 2.05) is 0 Å². The number of hydrogen-bond donors (Lipinski definition) is 1. The number of esters is 1. The Morgan fingerprint density at radius 3 is 2.48 bits per heavy atom. The molecule has 0 saturated carbocycles. The number of nitrogens with one attached hydrogen (secondary N) is 1. The van der Waals surface area contributed by atoms with Gasteiger partial charge in [0.1, 0.15) is 5.82 Å². The van der Waals surface area contributed by atoms with E-state index in [1.54, 1.807) is 36.4 Å². The third-order valence-electron chi connectivity index (χ3n) is 4.26. The first-order chi connectivity index (χ1) is 13.1. The average molecular weight is 434 g/mol. The Morgan fingerprint density at radius 2 is 1.89 bits per heavy atom. The summed E-state index contributed by atoms with van der Waals surface area (Å²) in [5, 5.41) is 2.72. The number of aromatic nitrogens is 1. The third-order valence-corrected chi connectivity index (χ3v) is 4.79. The second kappa shape index (κ2) is 8.96. The molecule has 1 N–H and O–H groups in total. The number of nitrogens with zero attached hydrogens (tertiary/aromatic N) is 2. The fraction of sp³-hybridized carbons (Fsp3) is 0.316. The van der Waals surface area contributed by atoms with Crippen LogP contribution in [-0.4, -0.2) is 50.3 Å². The number of carbonyl (C=O) groups is 2. The number of hydrogen-bond acceptors (Lipinski definition) is 6. The molecule has 1 unspecified atom stereocenters. The normalized spacial score (nSPS) is 15.1. The number of rotatable bonds is 5. The highest BCUT2D eigenvalue weighted by Crippen LogP contribution is 2.19. The molecule has 1 amide bonds. The van der Waals surface area contributed by atoms with Gasteiger partial charge in [-0.3, -0.25) is 4.79 Å². The van der Waals surface area contributed by atoms with Gasteiger partial charge >= 0.3 is 5.97 Å². The van der Waals surface area contributed by atoms with Gasteiger partial charge in [0, 0.05) is 23.8 Å². The van der Waals surface area contributed by atoms with E-state index in [1.165, 1.54) is 13.3 Å². The Bertz CT molecular complexity index is 790. The summed E-state index contributed by atoms with van der Waals surface area (Å²) < 4.78 is 11.0. The lowest BCUT2D eigenvalue weighted by molar-refractivity contribution is -0.143. The van der Waals surface area contributed by atoms with Gasteiger partial charge in [0.15, 0.2) is 6.04 Å². The van der Waals surface area contributed by atoms with Crippen LogP contribution >= 0.6 is 15.9 Å². The Morgan fingerprint density at radius 1 is 1.19 bits per heavy atom. The molecule has 1 aromatic carbocycles. The monoisotopic (exact) mass is 433 g/mol. The van der Waals surface area contributed by atoms with Gasteiger partial charge in [0.2, 0.25) is 0 Å². The van der Waals surface area contributed by atoms with Gasteiger partial charge in [-0.15, -0.1) is 0 Å². The minimum atomic E-state index is -0.894. The highest BCUT2D eigenvalue weighted by atomic mass is 79.9. The van der Waals surface area contributed by atoms with Gasteiger partial charge in [-0.1, -0.05) is 28.1 Å². The second-order valence-corrected chi connectivity index (χ2v) is 6.90. The minimum Gasteiger partial charge on any atom is -0.467 e. The molecule has 8 heteroatoms. The molecule has 27 heavy (non-hydrogen) atoms. The summed E-state index contributed by atoms with van der Waals surface area (Å²) in [6.45, 7) is 2.87. The predicted molar refractivity (Wildman–Crippen MR) is 104 cm³/mol. The summed E-state index contributed by atoms with van der Waals surface area (Å²) in [6, 6.07) is 9.72. The summed E-state index contributed by atoms with van der Waals surface area (Å²) in [5.41, 5.74) is 1.01. The first-order valence-corrected chi connectivity index (χ1v) is 9.30. The molecule has 1 aliphatic rings. The zero-order valence-electron chi connectivity index (χ0n) is 14.9. The summed E-state index contributed by atoms with van der Waals surface area (Å²) in [5.74, 6) is -0.134. The summed E-state index contributed by atoms with van der Waals surface area (Å²) in [7, 11) is 1.29. The number of benzene rings is 1. The maximum atomic E-state index is 12.6. The van der Waals surface area contributed by atoms with Crippen LogP contribution < -0.4 is 10.2 Å². The molecule has 0 bridgehead atoms. The quantitative estimate of drug-likeness (QED) is 0.728. The van der Waals surface area contributed by atoms with Crippen molar-refractivity contribution in [3.05, 3.63) is 58.2 Å². The SMILES string of the molecule is COC(=O)C(NC(=O)c1ccc(N2CCOCC2)nc1)c1ccc(Br)cc1. The van der Waals surface area contributed by atoms with Crippen molar-refractivity contribution in [1.82, 2.24) is 10.3 Å². The van der Waals surface area contributed by atoms with Crippen molar-refractivity contribution in [3.8, 4) is 0 Å². The maximum Gasteiger partial charge on any atom is 0.333 e. The number of pyridine rings is 1. The van der Waals surface area contributed by atoms with E-state index >= 15 is 0 Å². The maximum absolute atomic E-state index is 12.6. The molecule has 1 saturated heterocycles. The zero-order chi connectivity index (χ0) is 19.2. The van der Waals surface area contributed by atoms with Crippen LogP contribution in [-0.2, 0) is 14.3 Å². The first-order valence-electron chi connectivity index (χ1n) is 8.51. The highest BCUT2D eigenvalue weighted by molar-refractivity contribution is 9.10. The molecule has 7 nitrogen and oxygen atoms in total. The topological polar surface area (TPSA) is 80.8 Å². The Labute approximate surface area is 165 Å². The molecular weight excluding hydrogens is 414 g/mol. The van der Waals surface area contributed by atoms with Crippen LogP contribution in [0.5, 0.6) is 0 Å². The zero-order valence-corrected chi connectivity index (χ0v) is 16.4. The molecular formula is C19H20BrN3O4. The number of carbonyl (C=O) groups excluding carboxylic acids is 2. The lowest BCUT2D eigenvalue weighted by Gasteiger charge is -2.27. The number of morpholine rings is 1. The van der Waals surface area contributed by atoms with Crippen LogP contribution in [0.15, 0.2) is 47.1 Å². The van der Waals surface area contributed by atoms with E-state index in [9.17, 15) is 9.59 Å². The Hall–Kier alpha value is -2.45. The van der Waals surface area contributed by atoms with Gasteiger partial charge in [-0.25, -0.2) is 9.78 Å². The van der Waals surface area contributed by atoms with E-state index in [-0.39, 0.29) is 0 Å². The summed E-state index contributed by atoms with van der Waals surface area (Å²) in [4.78, 5) is 31.2. The van der Waals surface area contributed by atoms with Crippen LogP contribution in [0, 0.1) is 0 Å². The molecule has 3 rings (SSSR count). The van der Waals surface area contributed by atoms with Gasteiger partial charge in [0.05, 0.1) is 25.9 Å². The second-order valence-electron chi connectivity index (χ2n) is 5.99. The van der Waals surface area contributed by atoms with Gasteiger partial charge < -0.3 is 19.7 Å². The largest absolute Gasteiger partial charge is 0.467 e. The van der Waals surface area contributed by atoms with Crippen LogP contribution in [0.4, 0.5) is 5.82 Å². The number of methoxy groups -OCH3 is 1. The van der Waals surface area contributed by atoms with Crippen molar-refractivity contribution < 1.29 is 19.1 Å². The first kappa shape index (κ1) is 19.3. The van der Waals surface area contributed by atoms with Gasteiger partial charge in [0.25, 0.3) is 5.91 Å². The van der Waals surface area contributed by atoms with Crippen molar-refractivity contribution in [2.24, 2.45) is 0 Å². The van der Waals surface area contributed by atoms with Crippen molar-refractivity contribution in [3.63, 3.8) is 0 Å². The Balaban J connectivity index is 1.73. The molecule has 0 radical (unpaired) electrons. The van der Waals surface area contributed by atoms with Crippen molar-refractivity contribution in [1.29, 1.82) is 0 Å². The molecule has 0 aliphatic carbocycles. The fourth-order valence-corrected chi connectivity index (χ4v) is 3.03. The van der Waals surface area contributed by atoms with Crippen molar-refractivity contribution in [2.75, 3.05) is 38.3 Å². The van der Waals surface area contributed by atoms with Crippen LogP contribution in [0.1, 0.15) is 22.0 Å². The molecule has 0 spiro atoms. The molecule has 1 aromatic heterocycles. The summed E-state index contributed by atoms with van der Waals surface area (Å²) >= 11 is 3.35. The van der Waals surface area contributed by atoms with Crippen LogP contribution in [0.2, 0.25) is 0 Å². The van der Waals surface area contributed by atoms with Gasteiger partial charge in [-0.05, 0) is 29.8 Å². The smallest absolute Gasteiger partial charge is 0.333 e. The Kier molecular flexibility index (Phi) is 6.41. The molecule has 2 aromatic rings. The predicted octanol–water partition coefficient (Wildman–Crippen LogP) is 2.32. The molecule has 1 aliphatic heterocycles. The standard InChI is InChI=1S/C19H20BrN3O4/c1-26-19(25)17(13-2-5-15(20)6-3-13)22-18(24)14-4-7-16(21-12-14)23-8-10-27-11-9-23/h2-7,12,17H,8-11H2,1H3,(H,22,24). The molecule has 2 heterocycles. The van der Waals surface area contributed by atoms with E-state index < -0.39 is 17.9 Å². The number of anilines is 1. The molecule has 142 valence electrons. The lowest BCUT2D eigenvalue weighted by Crippen LogP contribution is -2.37. The van der Waals surface area contributed by atoms with Crippen molar-refractivity contribution >= 4 is 33.6 Å². The third kappa shape index (κ3) is 4.84. The summed E-state index contributed by atoms with van der Waals surface area (Å²) in [6.07, 6.45) is 1.51. The number of ether oxygens (including phenoxy) is 2. The lowest BCUT2D eigenvalue weighted by atomic mass is 10.1. The van der Waals surface area contributed by atoms with E-state index in [4.69, 9.17) is 9.47 Å². The van der Waals surface area contributed by atoms with Gasteiger partial charge in [-0.2, -0.15) is 0 Å². The molecule has 1 atom stereocenters. The number of halogens is 1. The van der Waals surface area contributed by atoms with E-state index in [0.29, 0.717) is 24.3 Å². The molecule has 1 fully saturated rings. The number of amides is 1. The highest BCUT2D eigenvalue weighted by Gasteiger charge is 2.24. The van der Waals surface area contributed by atoms with Crippen molar-refractivity contribution in [2.45, 2.75) is 6.04 Å². The minimum absolute atomic E-state index is 0.373. The van der Waals surface area contributed by atoms with E-state index in [0.717, 1.165) is 23.4 Å². The average Bonchev–Trinajstić information content (AvgIpc) is 2.73. The van der Waals surface area contributed by atoms with Crippen LogP contribution in [0.25, 0.3) is 0 Å².